The molecule has 1 unspecified atom stereocenters. The minimum Gasteiger partial charge on any atom is -0.494 e. The smallest absolute Gasteiger partial charge is 0.241 e. The number of benzene rings is 2. The van der Waals surface area contributed by atoms with Crippen LogP contribution in [0.1, 0.15) is 24.5 Å². The molecule has 162 valence electrons. The Labute approximate surface area is 178 Å². The van der Waals surface area contributed by atoms with Crippen molar-refractivity contribution in [3.05, 3.63) is 59.4 Å². The molecule has 1 atom stereocenters. The number of hydrogen-bond donors (Lipinski definition) is 1. The lowest BCUT2D eigenvalue weighted by Gasteiger charge is -2.37. The third kappa shape index (κ3) is 6.28. The third-order valence-corrected chi connectivity index (χ3v) is 5.79. The van der Waals surface area contributed by atoms with Crippen molar-refractivity contribution in [1.29, 1.82) is 0 Å². The summed E-state index contributed by atoms with van der Waals surface area (Å²) in [7, 11) is 0. The van der Waals surface area contributed by atoms with Crippen LogP contribution in [-0.4, -0.2) is 61.1 Å². The minimum absolute atomic E-state index is 0.101. The summed E-state index contributed by atoms with van der Waals surface area (Å²) in [4.78, 5) is 17.1. The van der Waals surface area contributed by atoms with Gasteiger partial charge in [-0.05, 0) is 68.7 Å². The summed E-state index contributed by atoms with van der Waals surface area (Å²) in [5.74, 6) is 0.479. The van der Waals surface area contributed by atoms with Crippen molar-refractivity contribution in [3.63, 3.8) is 0 Å². The number of rotatable bonds is 8. The fourth-order valence-electron chi connectivity index (χ4n) is 3.63. The van der Waals surface area contributed by atoms with Crippen LogP contribution >= 0.6 is 0 Å². The molecule has 0 spiro atoms. The molecule has 1 saturated heterocycles. The number of piperazine rings is 1. The Morgan fingerprint density at radius 1 is 1.10 bits per heavy atom. The van der Waals surface area contributed by atoms with Crippen LogP contribution in [0.25, 0.3) is 0 Å². The second kappa shape index (κ2) is 10.5. The van der Waals surface area contributed by atoms with Gasteiger partial charge in [0, 0.05) is 38.4 Å². The number of nitrogens with one attached hydrogen (secondary N) is 1. The monoisotopic (exact) mass is 413 g/mol. The molecule has 1 aliphatic heterocycles. The van der Waals surface area contributed by atoms with E-state index in [4.69, 9.17) is 4.74 Å². The molecule has 30 heavy (non-hydrogen) atoms. The van der Waals surface area contributed by atoms with Gasteiger partial charge < -0.3 is 15.0 Å². The molecule has 1 aliphatic rings. The zero-order valence-electron chi connectivity index (χ0n) is 18.2. The zero-order valence-corrected chi connectivity index (χ0v) is 18.2. The van der Waals surface area contributed by atoms with E-state index in [0.717, 1.165) is 44.9 Å². The lowest BCUT2D eigenvalue weighted by Crippen LogP contribution is -2.52. The number of anilines is 1. The largest absolute Gasteiger partial charge is 0.494 e. The topological polar surface area (TPSA) is 44.8 Å². The highest BCUT2D eigenvalue weighted by Gasteiger charge is 2.25. The predicted molar refractivity (Wildman–Crippen MR) is 119 cm³/mol. The maximum Gasteiger partial charge on any atom is 0.241 e. The Morgan fingerprint density at radius 2 is 1.87 bits per heavy atom. The van der Waals surface area contributed by atoms with Gasteiger partial charge in [0.1, 0.15) is 11.6 Å². The molecule has 5 nitrogen and oxygen atoms in total. The van der Waals surface area contributed by atoms with Crippen LogP contribution in [0.2, 0.25) is 0 Å². The Morgan fingerprint density at radius 3 is 2.57 bits per heavy atom. The number of carbonyl (C=O) groups excluding carboxylic acids is 1. The van der Waals surface area contributed by atoms with Gasteiger partial charge in [0.05, 0.1) is 12.6 Å². The molecule has 1 amide bonds. The normalized spacial score (nSPS) is 16.3. The summed E-state index contributed by atoms with van der Waals surface area (Å²) < 4.78 is 19.2. The fraction of sp³-hybridized carbons (Fsp3) is 0.458. The van der Waals surface area contributed by atoms with E-state index in [1.807, 2.05) is 13.0 Å². The molecule has 1 N–H and O–H groups in total. The number of hydrogen-bond acceptors (Lipinski definition) is 4. The summed E-state index contributed by atoms with van der Waals surface area (Å²) in [6, 6.07) is 12.0. The van der Waals surface area contributed by atoms with Gasteiger partial charge in [-0.15, -0.1) is 0 Å². The molecule has 2 aromatic carbocycles. The number of aryl methyl sites for hydroxylation is 2. The number of carbonyl (C=O) groups is 1. The van der Waals surface area contributed by atoms with E-state index < -0.39 is 0 Å². The Bertz CT molecular complexity index is 850. The van der Waals surface area contributed by atoms with Crippen molar-refractivity contribution in [2.45, 2.75) is 33.2 Å². The molecule has 1 heterocycles. The summed E-state index contributed by atoms with van der Waals surface area (Å²) in [5, 5.41) is 2.81. The molecular formula is C24H32FN3O2. The zero-order chi connectivity index (χ0) is 21.5. The van der Waals surface area contributed by atoms with Crippen LogP contribution < -0.4 is 10.1 Å². The Kier molecular flexibility index (Phi) is 7.82. The van der Waals surface area contributed by atoms with Crippen LogP contribution in [0.4, 0.5) is 10.1 Å². The molecule has 0 bridgehead atoms. The highest BCUT2D eigenvalue weighted by Crippen LogP contribution is 2.17. The van der Waals surface area contributed by atoms with Crippen molar-refractivity contribution >= 4 is 11.6 Å². The first-order chi connectivity index (χ1) is 14.4. The quantitative estimate of drug-likeness (QED) is 0.668. The van der Waals surface area contributed by atoms with Gasteiger partial charge in [-0.2, -0.15) is 0 Å². The number of ether oxygens (including phenoxy) is 1. The van der Waals surface area contributed by atoms with E-state index in [9.17, 15) is 9.18 Å². The van der Waals surface area contributed by atoms with Crippen molar-refractivity contribution in [2.75, 3.05) is 44.6 Å². The number of nitrogens with zero attached hydrogens (tertiary/aromatic N) is 2. The highest BCUT2D eigenvalue weighted by atomic mass is 19.1. The van der Waals surface area contributed by atoms with Gasteiger partial charge in [-0.1, -0.05) is 12.1 Å². The van der Waals surface area contributed by atoms with Gasteiger partial charge in [-0.25, -0.2) is 4.39 Å². The molecule has 0 aromatic heterocycles. The minimum atomic E-state index is -0.351. The van der Waals surface area contributed by atoms with Crippen LogP contribution in [0.3, 0.4) is 0 Å². The van der Waals surface area contributed by atoms with E-state index in [2.05, 4.69) is 41.1 Å². The molecule has 0 radical (unpaired) electrons. The standard InChI is InChI=1S/C24H32FN3O2/c1-18-8-9-23(16-19(18)2)30-15-5-10-27-11-13-28(14-12-27)20(3)24(29)26-22-7-4-6-21(25)17-22/h4,6-9,16-17,20H,5,10-15H2,1-3H3,(H,26,29). The van der Waals surface area contributed by atoms with Crippen molar-refractivity contribution in [3.8, 4) is 5.75 Å². The molecule has 0 aliphatic carbocycles. The van der Waals surface area contributed by atoms with Crippen molar-refractivity contribution in [2.24, 2.45) is 0 Å². The summed E-state index contributed by atoms with van der Waals surface area (Å²) >= 11 is 0. The average molecular weight is 414 g/mol. The summed E-state index contributed by atoms with van der Waals surface area (Å²) in [6.07, 6.45) is 0.975. The SMILES string of the molecule is Cc1ccc(OCCCN2CCN(C(C)C(=O)Nc3cccc(F)c3)CC2)cc1C. The van der Waals surface area contributed by atoms with Crippen LogP contribution in [-0.2, 0) is 4.79 Å². The van der Waals surface area contributed by atoms with Gasteiger partial charge in [0.25, 0.3) is 0 Å². The lowest BCUT2D eigenvalue weighted by molar-refractivity contribution is -0.121. The molecular weight excluding hydrogens is 381 g/mol. The maximum atomic E-state index is 13.3. The van der Waals surface area contributed by atoms with Crippen LogP contribution in [0.15, 0.2) is 42.5 Å². The third-order valence-electron chi connectivity index (χ3n) is 5.79. The van der Waals surface area contributed by atoms with E-state index in [-0.39, 0.29) is 17.8 Å². The van der Waals surface area contributed by atoms with Crippen LogP contribution in [0, 0.1) is 19.7 Å². The summed E-state index contributed by atoms with van der Waals surface area (Å²) in [6.45, 7) is 11.3. The van der Waals surface area contributed by atoms with E-state index in [1.54, 1.807) is 12.1 Å². The highest BCUT2D eigenvalue weighted by molar-refractivity contribution is 5.94. The van der Waals surface area contributed by atoms with E-state index in [1.165, 1.54) is 23.3 Å². The Hall–Kier alpha value is -2.44. The van der Waals surface area contributed by atoms with E-state index in [0.29, 0.717) is 12.3 Å². The second-order valence-corrected chi connectivity index (χ2v) is 8.00. The number of halogens is 1. The summed E-state index contributed by atoms with van der Waals surface area (Å²) in [5.41, 5.74) is 3.02. The number of amides is 1. The van der Waals surface area contributed by atoms with Gasteiger partial charge in [0.2, 0.25) is 5.91 Å². The fourth-order valence-corrected chi connectivity index (χ4v) is 3.63. The molecule has 2 aromatic rings. The molecule has 6 heteroatoms. The van der Waals surface area contributed by atoms with Gasteiger partial charge in [0.15, 0.2) is 0 Å². The second-order valence-electron chi connectivity index (χ2n) is 8.00. The first kappa shape index (κ1) is 22.2. The first-order valence-electron chi connectivity index (χ1n) is 10.7. The molecule has 0 saturated carbocycles. The first-order valence-corrected chi connectivity index (χ1v) is 10.7. The van der Waals surface area contributed by atoms with Crippen LogP contribution in [0.5, 0.6) is 5.75 Å². The van der Waals surface area contributed by atoms with Crippen molar-refractivity contribution < 1.29 is 13.9 Å². The molecule has 1 fully saturated rings. The lowest BCUT2D eigenvalue weighted by atomic mass is 10.1. The predicted octanol–water partition coefficient (Wildman–Crippen LogP) is 3.86. The molecule has 3 rings (SSSR count). The average Bonchev–Trinajstić information content (AvgIpc) is 2.73. The van der Waals surface area contributed by atoms with E-state index >= 15 is 0 Å². The van der Waals surface area contributed by atoms with Crippen molar-refractivity contribution in [1.82, 2.24) is 9.80 Å². The van der Waals surface area contributed by atoms with Gasteiger partial charge >= 0.3 is 0 Å². The Balaban J connectivity index is 1.35. The van der Waals surface area contributed by atoms with Gasteiger partial charge in [-0.3, -0.25) is 9.69 Å². The maximum absolute atomic E-state index is 13.3.